The first-order valence-electron chi connectivity index (χ1n) is 16.9. The van der Waals surface area contributed by atoms with Crippen LogP contribution >= 0.6 is 0 Å². The first-order chi connectivity index (χ1) is 22.3. The molecule has 0 N–H and O–H groups in total. The lowest BCUT2D eigenvalue weighted by Crippen LogP contribution is -2.55. The number of anilines is 3. The monoisotopic (exact) mass is 579 g/mol. The maximum Gasteiger partial charge on any atom is 0.0468 e. The lowest BCUT2D eigenvalue weighted by Gasteiger charge is -2.61. The Bertz CT molecular complexity index is 2040. The molecule has 0 radical (unpaired) electrons. The Morgan fingerprint density at radius 3 is 1.78 bits per heavy atom. The number of fused-ring (bicyclic) bond motifs is 4. The molecular weight excluding hydrogens is 542 g/mol. The van der Waals surface area contributed by atoms with E-state index in [1.807, 2.05) is 0 Å². The third kappa shape index (κ3) is 3.73. The molecule has 1 spiro atoms. The van der Waals surface area contributed by atoms with Crippen LogP contribution in [0.5, 0.6) is 0 Å². The van der Waals surface area contributed by atoms with Gasteiger partial charge in [0.1, 0.15) is 0 Å². The second kappa shape index (κ2) is 9.69. The molecule has 11 rings (SSSR count). The van der Waals surface area contributed by atoms with E-state index in [4.69, 9.17) is 0 Å². The van der Waals surface area contributed by atoms with Gasteiger partial charge in [-0.05, 0) is 136 Å². The van der Waals surface area contributed by atoms with E-state index < -0.39 is 0 Å². The van der Waals surface area contributed by atoms with Gasteiger partial charge in [-0.1, -0.05) is 103 Å². The van der Waals surface area contributed by atoms with E-state index in [1.54, 1.807) is 11.1 Å². The molecule has 1 nitrogen and oxygen atoms in total. The molecule has 6 aromatic rings. The SMILES string of the molecule is c1ccc(-c2ccc(N(c3ccc4c(c3)-c3ccccc3C43C4CC5CC(C4)CC3C5)c3ccc4ccccc4c3)cc2)cc1. The third-order valence-electron chi connectivity index (χ3n) is 12.0. The van der Waals surface area contributed by atoms with Crippen LogP contribution in [-0.2, 0) is 5.41 Å². The smallest absolute Gasteiger partial charge is 0.0468 e. The number of hydrogen-bond donors (Lipinski definition) is 0. The standard InChI is InChI=1S/C44H37N/c1-2-8-31(9-3-1)33-14-17-37(18-15-33)45(38-19-16-32-10-4-5-11-34(32)27-38)39-20-21-43-41(28-39)40-12-6-7-13-42(40)44(43)35-23-29-22-30(25-35)26-36(44)24-29/h1-21,27-30,35-36H,22-26H2. The fraction of sp³-hybridized carbons (Fsp3) is 0.227. The highest BCUT2D eigenvalue weighted by atomic mass is 15.1. The van der Waals surface area contributed by atoms with Crippen molar-refractivity contribution in [2.45, 2.75) is 37.5 Å². The minimum atomic E-state index is 0.197. The molecule has 5 aliphatic carbocycles. The van der Waals surface area contributed by atoms with Crippen LogP contribution < -0.4 is 4.90 Å². The van der Waals surface area contributed by atoms with E-state index in [9.17, 15) is 0 Å². The molecule has 0 unspecified atom stereocenters. The summed E-state index contributed by atoms with van der Waals surface area (Å²) in [5.41, 5.74) is 12.4. The van der Waals surface area contributed by atoms with Gasteiger partial charge in [0, 0.05) is 22.5 Å². The molecule has 0 aromatic heterocycles. The van der Waals surface area contributed by atoms with Gasteiger partial charge in [-0.25, -0.2) is 0 Å². The quantitative estimate of drug-likeness (QED) is 0.201. The molecule has 4 fully saturated rings. The van der Waals surface area contributed by atoms with Crippen molar-refractivity contribution in [3.63, 3.8) is 0 Å². The zero-order valence-electron chi connectivity index (χ0n) is 25.6. The van der Waals surface area contributed by atoms with Crippen molar-refractivity contribution < 1.29 is 0 Å². The van der Waals surface area contributed by atoms with Crippen LogP contribution in [0.2, 0.25) is 0 Å². The van der Waals surface area contributed by atoms with E-state index in [1.165, 1.54) is 82.2 Å². The van der Waals surface area contributed by atoms with Crippen molar-refractivity contribution in [1.29, 1.82) is 0 Å². The van der Waals surface area contributed by atoms with E-state index in [0.717, 1.165) is 23.7 Å². The average molecular weight is 580 g/mol. The number of nitrogens with zero attached hydrogens (tertiary/aromatic N) is 1. The summed E-state index contributed by atoms with van der Waals surface area (Å²) in [5, 5.41) is 2.53. The van der Waals surface area contributed by atoms with Crippen LogP contribution in [-0.4, -0.2) is 0 Å². The molecule has 0 heterocycles. The van der Waals surface area contributed by atoms with Gasteiger partial charge in [-0.15, -0.1) is 0 Å². The van der Waals surface area contributed by atoms with Crippen LogP contribution in [0.4, 0.5) is 17.1 Å². The first-order valence-corrected chi connectivity index (χ1v) is 16.9. The minimum Gasteiger partial charge on any atom is -0.310 e. The van der Waals surface area contributed by atoms with Crippen molar-refractivity contribution in [3.05, 3.63) is 151 Å². The van der Waals surface area contributed by atoms with Crippen LogP contribution in [0.15, 0.2) is 140 Å². The predicted molar refractivity (Wildman–Crippen MR) is 187 cm³/mol. The van der Waals surface area contributed by atoms with Gasteiger partial charge in [0.05, 0.1) is 0 Å². The highest BCUT2D eigenvalue weighted by Gasteiger charge is 2.61. The molecule has 0 atom stereocenters. The Labute approximate surface area is 266 Å². The molecule has 1 heteroatoms. The molecule has 0 saturated heterocycles. The summed E-state index contributed by atoms with van der Waals surface area (Å²) in [6.07, 6.45) is 7.15. The number of benzene rings is 6. The molecule has 0 aliphatic heterocycles. The maximum absolute atomic E-state index is 2.54. The van der Waals surface area contributed by atoms with Crippen LogP contribution in [0.3, 0.4) is 0 Å². The molecule has 45 heavy (non-hydrogen) atoms. The topological polar surface area (TPSA) is 3.24 Å². The van der Waals surface area contributed by atoms with Crippen molar-refractivity contribution >= 4 is 27.8 Å². The summed E-state index contributed by atoms with van der Waals surface area (Å²) in [7, 11) is 0. The van der Waals surface area contributed by atoms with Crippen molar-refractivity contribution in [1.82, 2.24) is 0 Å². The zero-order valence-corrected chi connectivity index (χ0v) is 25.6. The Balaban J connectivity index is 1.15. The zero-order chi connectivity index (χ0) is 29.5. The minimum absolute atomic E-state index is 0.197. The largest absolute Gasteiger partial charge is 0.310 e. The van der Waals surface area contributed by atoms with Gasteiger partial charge in [0.25, 0.3) is 0 Å². The van der Waals surface area contributed by atoms with Crippen LogP contribution in [0, 0.1) is 23.7 Å². The Morgan fingerprint density at radius 2 is 1.00 bits per heavy atom. The van der Waals surface area contributed by atoms with Gasteiger partial charge in [-0.2, -0.15) is 0 Å². The first kappa shape index (κ1) is 25.7. The maximum atomic E-state index is 2.54. The summed E-state index contributed by atoms with van der Waals surface area (Å²) in [4.78, 5) is 2.46. The van der Waals surface area contributed by atoms with E-state index in [0.29, 0.717) is 0 Å². The number of hydrogen-bond acceptors (Lipinski definition) is 1. The second-order valence-electron chi connectivity index (χ2n) is 14.2. The molecule has 5 aliphatic rings. The molecule has 6 aromatic carbocycles. The summed E-state index contributed by atoms with van der Waals surface area (Å²) in [5.74, 6) is 3.47. The average Bonchev–Trinajstić information content (AvgIpc) is 3.38. The van der Waals surface area contributed by atoms with Crippen molar-refractivity contribution in [2.24, 2.45) is 23.7 Å². The fourth-order valence-corrected chi connectivity index (χ4v) is 10.5. The summed E-state index contributed by atoms with van der Waals surface area (Å²) in [6.45, 7) is 0. The van der Waals surface area contributed by atoms with Gasteiger partial charge in [-0.3, -0.25) is 0 Å². The Morgan fingerprint density at radius 1 is 0.422 bits per heavy atom. The van der Waals surface area contributed by atoms with Crippen molar-refractivity contribution in [2.75, 3.05) is 4.90 Å². The van der Waals surface area contributed by atoms with Gasteiger partial charge >= 0.3 is 0 Å². The normalized spacial score (nSPS) is 25.4. The molecular formula is C44H37N. The van der Waals surface area contributed by atoms with Crippen molar-refractivity contribution in [3.8, 4) is 22.3 Å². The van der Waals surface area contributed by atoms with Gasteiger partial charge in [0.15, 0.2) is 0 Å². The number of rotatable bonds is 4. The second-order valence-corrected chi connectivity index (χ2v) is 14.2. The van der Waals surface area contributed by atoms with Crippen LogP contribution in [0.1, 0.15) is 43.2 Å². The fourth-order valence-electron chi connectivity index (χ4n) is 10.5. The van der Waals surface area contributed by atoms with E-state index in [-0.39, 0.29) is 5.41 Å². The molecule has 0 amide bonds. The third-order valence-corrected chi connectivity index (χ3v) is 12.0. The highest BCUT2D eigenvalue weighted by molar-refractivity contribution is 5.91. The van der Waals surface area contributed by atoms with E-state index in [2.05, 4.69) is 144 Å². The molecule has 4 saturated carbocycles. The lowest BCUT2D eigenvalue weighted by atomic mass is 9.43. The molecule has 4 bridgehead atoms. The predicted octanol–water partition coefficient (Wildman–Crippen LogP) is 11.7. The Hall–Kier alpha value is -4.62. The summed E-state index contributed by atoms with van der Waals surface area (Å²) >= 11 is 0. The molecule has 218 valence electrons. The van der Waals surface area contributed by atoms with Crippen LogP contribution in [0.25, 0.3) is 33.0 Å². The van der Waals surface area contributed by atoms with E-state index >= 15 is 0 Å². The van der Waals surface area contributed by atoms with Gasteiger partial charge in [0.2, 0.25) is 0 Å². The highest BCUT2D eigenvalue weighted by Crippen LogP contribution is 2.69. The summed E-state index contributed by atoms with van der Waals surface area (Å²) < 4.78 is 0. The lowest BCUT2D eigenvalue weighted by molar-refractivity contribution is -0.0399. The summed E-state index contributed by atoms with van der Waals surface area (Å²) in [6, 6.07) is 52.3. The Kier molecular flexibility index (Phi) is 5.53. The van der Waals surface area contributed by atoms with Gasteiger partial charge < -0.3 is 4.90 Å².